The second kappa shape index (κ2) is 6.44. The lowest BCUT2D eigenvalue weighted by molar-refractivity contribution is -0.122. The number of rotatable bonds is 3. The van der Waals surface area contributed by atoms with E-state index < -0.39 is 0 Å². The molecule has 7 heteroatoms. The van der Waals surface area contributed by atoms with Crippen LogP contribution in [0.3, 0.4) is 0 Å². The molecule has 122 valence electrons. The Bertz CT molecular complexity index is 692. The summed E-state index contributed by atoms with van der Waals surface area (Å²) in [6.45, 7) is 4.77. The maximum atomic E-state index is 13.8. The molecule has 0 saturated carbocycles. The minimum atomic E-state index is -0.287. The van der Waals surface area contributed by atoms with E-state index in [1.54, 1.807) is 28.6 Å². The third-order valence-electron chi connectivity index (χ3n) is 4.41. The summed E-state index contributed by atoms with van der Waals surface area (Å²) in [5, 5.41) is 11.6. The van der Waals surface area contributed by atoms with E-state index in [1.807, 2.05) is 6.92 Å². The minimum Gasteiger partial charge on any atom is -0.312 e. The average Bonchev–Trinajstić information content (AvgIpc) is 2.90. The number of carbonyl (C=O) groups is 1. The number of nitrogens with zero attached hydrogens (tertiary/aromatic N) is 5. The Morgan fingerprint density at radius 1 is 1.43 bits per heavy atom. The molecule has 1 aliphatic rings. The van der Waals surface area contributed by atoms with E-state index in [0.29, 0.717) is 43.6 Å². The predicted molar refractivity (Wildman–Crippen MR) is 83.4 cm³/mol. The van der Waals surface area contributed by atoms with Gasteiger partial charge in [0.25, 0.3) is 0 Å². The summed E-state index contributed by atoms with van der Waals surface area (Å²) in [4.78, 5) is 14.5. The van der Waals surface area contributed by atoms with E-state index >= 15 is 0 Å². The summed E-state index contributed by atoms with van der Waals surface area (Å²) in [5.74, 6) is 0.465. The summed E-state index contributed by atoms with van der Waals surface area (Å²) in [5.41, 5.74) is 1.19. The highest BCUT2D eigenvalue weighted by molar-refractivity contribution is 5.95. The molecule has 0 N–H and O–H groups in total. The van der Waals surface area contributed by atoms with Crippen LogP contribution >= 0.6 is 0 Å². The Morgan fingerprint density at radius 2 is 2.26 bits per heavy atom. The largest absolute Gasteiger partial charge is 0.312 e. The molecule has 0 saturated heterocycles. The number of fused-ring (bicyclic) bond motifs is 1. The van der Waals surface area contributed by atoms with Crippen LogP contribution in [0.1, 0.15) is 31.2 Å². The first-order valence-electron chi connectivity index (χ1n) is 7.92. The molecule has 2 heterocycles. The lowest BCUT2D eigenvalue weighted by atomic mass is 9.98. The number of aryl methyl sites for hydroxylation is 3. The number of tetrazole rings is 1. The lowest BCUT2D eigenvalue weighted by Gasteiger charge is -2.26. The summed E-state index contributed by atoms with van der Waals surface area (Å²) in [7, 11) is 0. The number of benzene rings is 1. The molecule has 23 heavy (non-hydrogen) atoms. The van der Waals surface area contributed by atoms with Crippen molar-refractivity contribution in [1.29, 1.82) is 0 Å². The van der Waals surface area contributed by atoms with Crippen LogP contribution < -0.4 is 4.90 Å². The molecule has 1 aromatic heterocycles. The van der Waals surface area contributed by atoms with Crippen molar-refractivity contribution in [2.45, 2.75) is 39.7 Å². The van der Waals surface area contributed by atoms with Crippen LogP contribution in [0, 0.1) is 18.7 Å². The number of carbonyl (C=O) groups excluding carboxylic acids is 1. The Morgan fingerprint density at radius 3 is 3.00 bits per heavy atom. The van der Waals surface area contributed by atoms with Gasteiger partial charge in [-0.15, -0.1) is 5.10 Å². The van der Waals surface area contributed by atoms with Gasteiger partial charge in [0.05, 0.1) is 0 Å². The molecule has 0 aliphatic carbocycles. The number of aromatic nitrogens is 4. The lowest BCUT2D eigenvalue weighted by Crippen LogP contribution is -2.36. The van der Waals surface area contributed by atoms with Crippen LogP contribution in [-0.4, -0.2) is 32.7 Å². The second-order valence-electron chi connectivity index (χ2n) is 5.86. The van der Waals surface area contributed by atoms with Gasteiger partial charge in [-0.3, -0.25) is 4.79 Å². The second-order valence-corrected chi connectivity index (χ2v) is 5.86. The van der Waals surface area contributed by atoms with Crippen LogP contribution in [0.25, 0.3) is 0 Å². The molecule has 1 unspecified atom stereocenters. The topological polar surface area (TPSA) is 63.9 Å². The van der Waals surface area contributed by atoms with Gasteiger partial charge in [0.1, 0.15) is 5.82 Å². The number of hydrogen-bond acceptors (Lipinski definition) is 4. The van der Waals surface area contributed by atoms with Crippen LogP contribution in [0.4, 0.5) is 10.1 Å². The van der Waals surface area contributed by atoms with Crippen molar-refractivity contribution in [3.05, 3.63) is 35.4 Å². The Balaban J connectivity index is 1.77. The van der Waals surface area contributed by atoms with Gasteiger partial charge in [-0.05, 0) is 54.8 Å². The molecule has 6 nitrogen and oxygen atoms in total. The van der Waals surface area contributed by atoms with Crippen LogP contribution in [-0.2, 0) is 17.8 Å². The zero-order valence-corrected chi connectivity index (χ0v) is 13.4. The molecule has 2 aromatic rings. The molecule has 1 aromatic carbocycles. The van der Waals surface area contributed by atoms with Gasteiger partial charge in [0.15, 0.2) is 5.82 Å². The summed E-state index contributed by atoms with van der Waals surface area (Å²) < 4.78 is 15.6. The highest BCUT2D eigenvalue weighted by Crippen LogP contribution is 2.25. The molecule has 0 bridgehead atoms. The summed E-state index contributed by atoms with van der Waals surface area (Å²) in [6, 6.07) is 4.94. The van der Waals surface area contributed by atoms with Crippen molar-refractivity contribution >= 4 is 11.6 Å². The zero-order valence-electron chi connectivity index (χ0n) is 13.4. The van der Waals surface area contributed by atoms with E-state index in [0.717, 1.165) is 5.82 Å². The van der Waals surface area contributed by atoms with Crippen LogP contribution in [0.2, 0.25) is 0 Å². The van der Waals surface area contributed by atoms with E-state index in [4.69, 9.17) is 0 Å². The van der Waals surface area contributed by atoms with Crippen LogP contribution in [0.15, 0.2) is 18.2 Å². The maximum absolute atomic E-state index is 13.8. The maximum Gasteiger partial charge on any atom is 0.230 e. The van der Waals surface area contributed by atoms with Crippen LogP contribution in [0.5, 0.6) is 0 Å². The minimum absolute atomic E-state index is 0.0365. The molecule has 0 fully saturated rings. The first kappa shape index (κ1) is 15.6. The van der Waals surface area contributed by atoms with Gasteiger partial charge in [-0.1, -0.05) is 6.07 Å². The average molecular weight is 317 g/mol. The van der Waals surface area contributed by atoms with Gasteiger partial charge in [-0.2, -0.15) is 0 Å². The standard InChI is InChI=1S/C16H20FN5O/c1-3-21(13-6-4-11(2)14(17)10-13)16(23)12-5-7-15-18-19-20-22(15)9-8-12/h4,6,10,12H,3,5,7-9H2,1-2H3. The van der Waals surface area contributed by atoms with E-state index in [-0.39, 0.29) is 17.6 Å². The normalized spacial score (nSPS) is 17.4. The Kier molecular flexibility index (Phi) is 4.36. The highest BCUT2D eigenvalue weighted by atomic mass is 19.1. The van der Waals surface area contributed by atoms with Gasteiger partial charge in [-0.25, -0.2) is 9.07 Å². The molecule has 3 rings (SSSR count). The van der Waals surface area contributed by atoms with Crippen molar-refractivity contribution in [3.8, 4) is 0 Å². The number of hydrogen-bond donors (Lipinski definition) is 0. The molecule has 1 amide bonds. The molecular formula is C16H20FN5O. The third-order valence-corrected chi connectivity index (χ3v) is 4.41. The Labute approximate surface area is 134 Å². The summed E-state index contributed by atoms with van der Waals surface area (Å²) >= 11 is 0. The van der Waals surface area contributed by atoms with E-state index in [9.17, 15) is 9.18 Å². The number of halogens is 1. The smallest absolute Gasteiger partial charge is 0.230 e. The first-order chi connectivity index (χ1) is 11.1. The molecule has 1 aliphatic heterocycles. The number of amides is 1. The highest BCUT2D eigenvalue weighted by Gasteiger charge is 2.28. The quantitative estimate of drug-likeness (QED) is 0.870. The predicted octanol–water partition coefficient (Wildman–Crippen LogP) is 2.13. The fourth-order valence-corrected chi connectivity index (χ4v) is 2.98. The third kappa shape index (κ3) is 3.09. The monoisotopic (exact) mass is 317 g/mol. The summed E-state index contributed by atoms with van der Waals surface area (Å²) in [6.07, 6.45) is 2.09. The first-order valence-corrected chi connectivity index (χ1v) is 7.92. The number of anilines is 1. The van der Waals surface area contributed by atoms with E-state index in [2.05, 4.69) is 15.5 Å². The van der Waals surface area contributed by atoms with E-state index in [1.165, 1.54) is 6.07 Å². The molecular weight excluding hydrogens is 297 g/mol. The van der Waals surface area contributed by atoms with Crippen molar-refractivity contribution in [2.75, 3.05) is 11.4 Å². The van der Waals surface area contributed by atoms with Crippen molar-refractivity contribution < 1.29 is 9.18 Å². The van der Waals surface area contributed by atoms with Gasteiger partial charge < -0.3 is 4.90 Å². The Hall–Kier alpha value is -2.31. The van der Waals surface area contributed by atoms with Gasteiger partial charge in [0.2, 0.25) is 5.91 Å². The van der Waals surface area contributed by atoms with Crippen molar-refractivity contribution in [3.63, 3.8) is 0 Å². The van der Waals surface area contributed by atoms with Gasteiger partial charge in [0, 0.05) is 31.1 Å². The molecule has 0 radical (unpaired) electrons. The molecule has 1 atom stereocenters. The van der Waals surface area contributed by atoms with Crippen molar-refractivity contribution in [1.82, 2.24) is 20.2 Å². The zero-order chi connectivity index (χ0) is 16.4. The SMILES string of the molecule is CCN(C(=O)C1CCc2nnnn2CC1)c1ccc(C)c(F)c1. The fourth-order valence-electron chi connectivity index (χ4n) is 2.98. The van der Waals surface area contributed by atoms with Gasteiger partial charge >= 0.3 is 0 Å². The van der Waals surface area contributed by atoms with Crippen molar-refractivity contribution in [2.24, 2.45) is 5.92 Å². The molecule has 0 spiro atoms. The fraction of sp³-hybridized carbons (Fsp3) is 0.500.